The van der Waals surface area contributed by atoms with Gasteiger partial charge >= 0.3 is 0 Å². The van der Waals surface area contributed by atoms with Gasteiger partial charge in [0.2, 0.25) is 5.91 Å². The maximum absolute atomic E-state index is 12.5. The first-order valence-electron chi connectivity index (χ1n) is 7.85. The monoisotopic (exact) mass is 288 g/mol. The Balaban J connectivity index is 1.55. The Bertz CT molecular complexity index is 496. The van der Waals surface area contributed by atoms with Crippen molar-refractivity contribution in [2.75, 3.05) is 13.7 Å². The smallest absolute Gasteiger partial charge is 0.240 e. The summed E-state index contributed by atoms with van der Waals surface area (Å²) in [5.41, 5.74) is 1.15. The molecule has 1 amide bonds. The lowest BCUT2D eigenvalue weighted by Crippen LogP contribution is -2.43. The van der Waals surface area contributed by atoms with Crippen LogP contribution in [0.2, 0.25) is 0 Å². The van der Waals surface area contributed by atoms with Crippen molar-refractivity contribution in [1.29, 1.82) is 0 Å². The van der Waals surface area contributed by atoms with E-state index in [9.17, 15) is 4.79 Å². The van der Waals surface area contributed by atoms with Crippen molar-refractivity contribution in [3.05, 3.63) is 29.8 Å². The molecule has 1 aromatic carbocycles. The quantitative estimate of drug-likeness (QED) is 0.872. The number of carbonyl (C=O) groups excluding carboxylic acids is 1. The van der Waals surface area contributed by atoms with Gasteiger partial charge in [0.1, 0.15) is 5.75 Å². The van der Waals surface area contributed by atoms with Crippen LogP contribution in [-0.4, -0.2) is 36.5 Å². The molecule has 2 fully saturated rings. The average molecular weight is 288 g/mol. The number of hydrogen-bond donors (Lipinski definition) is 1. The summed E-state index contributed by atoms with van der Waals surface area (Å²) >= 11 is 0. The molecule has 1 N–H and O–H groups in total. The zero-order valence-corrected chi connectivity index (χ0v) is 12.8. The third-order valence-electron chi connectivity index (χ3n) is 4.62. The van der Waals surface area contributed by atoms with E-state index in [4.69, 9.17) is 4.74 Å². The number of ether oxygens (including phenoxy) is 1. The summed E-state index contributed by atoms with van der Waals surface area (Å²) in [6, 6.07) is 8.43. The molecule has 4 heteroatoms. The Hall–Kier alpha value is -1.55. The van der Waals surface area contributed by atoms with Gasteiger partial charge in [-0.2, -0.15) is 0 Å². The minimum absolute atomic E-state index is 0.0128. The van der Waals surface area contributed by atoms with Crippen LogP contribution in [-0.2, 0) is 11.3 Å². The van der Waals surface area contributed by atoms with E-state index in [-0.39, 0.29) is 11.9 Å². The molecule has 4 nitrogen and oxygen atoms in total. The molecule has 21 heavy (non-hydrogen) atoms. The molecule has 3 rings (SSSR count). The fraction of sp³-hybridized carbons (Fsp3) is 0.588. The van der Waals surface area contributed by atoms with Gasteiger partial charge in [0.25, 0.3) is 0 Å². The predicted octanol–water partition coefficient (Wildman–Crippen LogP) is 2.18. The molecule has 1 saturated heterocycles. The van der Waals surface area contributed by atoms with Crippen molar-refractivity contribution in [3.8, 4) is 5.75 Å². The molecule has 1 aliphatic heterocycles. The van der Waals surface area contributed by atoms with E-state index >= 15 is 0 Å². The Kier molecular flexibility index (Phi) is 4.15. The van der Waals surface area contributed by atoms with Crippen molar-refractivity contribution >= 4 is 5.91 Å². The summed E-state index contributed by atoms with van der Waals surface area (Å²) in [5.74, 6) is 1.89. The topological polar surface area (TPSA) is 41.6 Å². The van der Waals surface area contributed by atoms with Gasteiger partial charge in [-0.05, 0) is 49.8 Å². The van der Waals surface area contributed by atoms with E-state index in [1.807, 2.05) is 29.2 Å². The number of amides is 1. The van der Waals surface area contributed by atoms with Crippen LogP contribution in [0.3, 0.4) is 0 Å². The second-order valence-corrected chi connectivity index (χ2v) is 6.24. The van der Waals surface area contributed by atoms with Gasteiger partial charge in [0.05, 0.1) is 13.2 Å². The third kappa shape index (κ3) is 3.38. The molecule has 0 aromatic heterocycles. The second kappa shape index (κ2) is 6.06. The van der Waals surface area contributed by atoms with E-state index in [2.05, 4.69) is 12.2 Å². The number of rotatable bonds is 6. The van der Waals surface area contributed by atoms with Crippen LogP contribution >= 0.6 is 0 Å². The Morgan fingerprint density at radius 1 is 1.29 bits per heavy atom. The normalized spacial score (nSPS) is 23.4. The van der Waals surface area contributed by atoms with Crippen molar-refractivity contribution in [2.45, 2.75) is 44.8 Å². The zero-order valence-electron chi connectivity index (χ0n) is 12.8. The number of benzene rings is 1. The van der Waals surface area contributed by atoms with E-state index in [1.54, 1.807) is 7.11 Å². The van der Waals surface area contributed by atoms with Crippen LogP contribution in [0.15, 0.2) is 24.3 Å². The van der Waals surface area contributed by atoms with Crippen molar-refractivity contribution < 1.29 is 9.53 Å². The minimum Gasteiger partial charge on any atom is -0.497 e. The number of methoxy groups -OCH3 is 1. The van der Waals surface area contributed by atoms with Gasteiger partial charge in [-0.3, -0.25) is 4.79 Å². The highest BCUT2D eigenvalue weighted by Crippen LogP contribution is 2.33. The van der Waals surface area contributed by atoms with Gasteiger partial charge in [0, 0.05) is 19.1 Å². The first-order valence-corrected chi connectivity index (χ1v) is 7.85. The van der Waals surface area contributed by atoms with Crippen molar-refractivity contribution in [1.82, 2.24) is 10.2 Å². The van der Waals surface area contributed by atoms with Crippen LogP contribution < -0.4 is 10.1 Å². The molecule has 2 unspecified atom stereocenters. The van der Waals surface area contributed by atoms with Gasteiger partial charge in [-0.25, -0.2) is 0 Å². The van der Waals surface area contributed by atoms with Gasteiger partial charge in [-0.15, -0.1) is 0 Å². The minimum atomic E-state index is 0.0128. The largest absolute Gasteiger partial charge is 0.497 e. The lowest BCUT2D eigenvalue weighted by atomic mass is 10.1. The first-order chi connectivity index (χ1) is 10.2. The molecule has 1 saturated carbocycles. The first kappa shape index (κ1) is 14.4. The molecule has 0 bridgehead atoms. The molecule has 1 aromatic rings. The molecular formula is C17H24N2O2. The summed E-state index contributed by atoms with van der Waals surface area (Å²) in [6.45, 7) is 3.75. The van der Waals surface area contributed by atoms with Crippen LogP contribution in [0.4, 0.5) is 0 Å². The van der Waals surface area contributed by atoms with Gasteiger partial charge < -0.3 is 15.0 Å². The Morgan fingerprint density at radius 3 is 2.62 bits per heavy atom. The lowest BCUT2D eigenvalue weighted by Gasteiger charge is -2.20. The van der Waals surface area contributed by atoms with Gasteiger partial charge in [-0.1, -0.05) is 12.1 Å². The lowest BCUT2D eigenvalue weighted by molar-refractivity contribution is -0.130. The molecule has 2 aliphatic rings. The van der Waals surface area contributed by atoms with Crippen LogP contribution in [0.1, 0.15) is 31.7 Å². The highest BCUT2D eigenvalue weighted by Gasteiger charge is 2.35. The standard InChI is InChI=1S/C17H24N2O2/c1-12(14-5-6-14)18-16-9-10-19(17(16)20)11-13-3-7-15(21-2)8-4-13/h3-4,7-8,12,14,16,18H,5-6,9-11H2,1-2H3. The Labute approximate surface area is 126 Å². The maximum atomic E-state index is 12.5. The van der Waals surface area contributed by atoms with Crippen LogP contribution in [0.25, 0.3) is 0 Å². The number of likely N-dealkylation sites (tertiary alicyclic amines) is 1. The summed E-state index contributed by atoms with van der Waals surface area (Å²) in [6.07, 6.45) is 3.54. The molecule has 114 valence electrons. The van der Waals surface area contributed by atoms with E-state index in [1.165, 1.54) is 12.8 Å². The second-order valence-electron chi connectivity index (χ2n) is 6.24. The molecule has 0 radical (unpaired) electrons. The predicted molar refractivity (Wildman–Crippen MR) is 82.1 cm³/mol. The molecule has 2 atom stereocenters. The number of nitrogens with zero attached hydrogens (tertiary/aromatic N) is 1. The fourth-order valence-electron chi connectivity index (χ4n) is 3.05. The number of hydrogen-bond acceptors (Lipinski definition) is 3. The summed E-state index contributed by atoms with van der Waals surface area (Å²) in [4.78, 5) is 14.4. The Morgan fingerprint density at radius 2 is 2.00 bits per heavy atom. The highest BCUT2D eigenvalue weighted by molar-refractivity contribution is 5.84. The molecular weight excluding hydrogens is 264 g/mol. The van der Waals surface area contributed by atoms with Crippen molar-refractivity contribution in [3.63, 3.8) is 0 Å². The highest BCUT2D eigenvalue weighted by atomic mass is 16.5. The molecule has 1 heterocycles. The van der Waals surface area contributed by atoms with E-state index in [0.717, 1.165) is 30.2 Å². The SMILES string of the molecule is COc1ccc(CN2CCC(NC(C)C3CC3)C2=O)cc1. The summed E-state index contributed by atoms with van der Waals surface area (Å²) in [5, 5.41) is 3.51. The third-order valence-corrected chi connectivity index (χ3v) is 4.62. The average Bonchev–Trinajstić information content (AvgIpc) is 3.30. The van der Waals surface area contributed by atoms with Crippen LogP contribution in [0.5, 0.6) is 5.75 Å². The number of nitrogens with one attached hydrogen (secondary N) is 1. The van der Waals surface area contributed by atoms with Crippen molar-refractivity contribution in [2.24, 2.45) is 5.92 Å². The maximum Gasteiger partial charge on any atom is 0.240 e. The summed E-state index contributed by atoms with van der Waals surface area (Å²) in [7, 11) is 1.66. The molecule has 0 spiro atoms. The van der Waals surface area contributed by atoms with E-state index < -0.39 is 0 Å². The van der Waals surface area contributed by atoms with Crippen LogP contribution in [0, 0.1) is 5.92 Å². The van der Waals surface area contributed by atoms with E-state index in [0.29, 0.717) is 12.6 Å². The summed E-state index contributed by atoms with van der Waals surface area (Å²) < 4.78 is 5.16. The zero-order chi connectivity index (χ0) is 14.8. The molecule has 1 aliphatic carbocycles. The number of carbonyl (C=O) groups is 1. The van der Waals surface area contributed by atoms with Gasteiger partial charge in [0.15, 0.2) is 0 Å². The fourth-order valence-corrected chi connectivity index (χ4v) is 3.05.